The van der Waals surface area contributed by atoms with Crippen LogP contribution < -0.4 is 5.01 Å². The molecule has 2 fully saturated rings. The van der Waals surface area contributed by atoms with Crippen LogP contribution in [0.2, 0.25) is 0 Å². The van der Waals surface area contributed by atoms with E-state index in [0.29, 0.717) is 0 Å². The van der Waals surface area contributed by atoms with Crippen LogP contribution in [0.3, 0.4) is 0 Å². The lowest BCUT2D eigenvalue weighted by Gasteiger charge is -2.46. The summed E-state index contributed by atoms with van der Waals surface area (Å²) in [6, 6.07) is 11.5. The van der Waals surface area contributed by atoms with E-state index in [1.807, 2.05) is 12.1 Å². The number of hydrogen-bond donors (Lipinski definition) is 0. The largest absolute Gasteiger partial charge is 0.306 e. The second kappa shape index (κ2) is 6.12. The number of hydrogen-bond acceptors (Lipinski definition) is 4. The van der Waals surface area contributed by atoms with Gasteiger partial charge in [0, 0.05) is 51.7 Å². The predicted molar refractivity (Wildman–Crippen MR) is 82.7 cm³/mol. The van der Waals surface area contributed by atoms with Crippen molar-refractivity contribution in [1.82, 2.24) is 14.8 Å². The predicted octanol–water partition coefficient (Wildman–Crippen LogP) is 1.02. The van der Waals surface area contributed by atoms with E-state index < -0.39 is 0 Å². The molecule has 1 aromatic rings. The number of benzene rings is 1. The summed E-state index contributed by atoms with van der Waals surface area (Å²) in [4.78, 5) is 4.80. The molecule has 0 spiro atoms. The van der Waals surface area contributed by atoms with Crippen molar-refractivity contribution in [3.8, 4) is 0 Å². The Morgan fingerprint density at radius 1 is 1.05 bits per heavy atom. The average Bonchev–Trinajstić information content (AvgIpc) is 2.44. The minimum Gasteiger partial charge on any atom is -0.306 e. The van der Waals surface area contributed by atoms with Gasteiger partial charge in [-0.15, -0.1) is 0 Å². The summed E-state index contributed by atoms with van der Waals surface area (Å²) < 4.78 is 0. The van der Waals surface area contributed by atoms with Crippen molar-refractivity contribution in [2.75, 3.05) is 64.9 Å². The molecule has 1 aromatic carbocycles. The van der Waals surface area contributed by atoms with Gasteiger partial charge in [0.1, 0.15) is 0 Å². The number of likely N-dealkylation sites (N-methyl/N-ethyl adjacent to an activating group) is 1. The van der Waals surface area contributed by atoms with Crippen LogP contribution in [0.4, 0.5) is 5.69 Å². The third-order valence-corrected chi connectivity index (χ3v) is 4.39. The molecule has 0 N–H and O–H groups in total. The summed E-state index contributed by atoms with van der Waals surface area (Å²) >= 11 is 0. The molecular formula is C16H25N4. The maximum Gasteiger partial charge on any atom is 0.0522 e. The molecule has 2 aliphatic rings. The molecule has 20 heavy (non-hydrogen) atoms. The van der Waals surface area contributed by atoms with Gasteiger partial charge in [0.15, 0.2) is 0 Å². The van der Waals surface area contributed by atoms with E-state index in [-0.39, 0.29) is 0 Å². The zero-order valence-electron chi connectivity index (χ0n) is 12.6. The van der Waals surface area contributed by atoms with Gasteiger partial charge in [-0.2, -0.15) is 0 Å². The van der Waals surface area contributed by atoms with E-state index in [0.717, 1.165) is 38.6 Å². The topological polar surface area (TPSA) is 13.0 Å². The molecule has 0 unspecified atom stereocenters. The number of likely N-dealkylation sites (tertiary alicyclic amines) is 1. The molecule has 2 heterocycles. The van der Waals surface area contributed by atoms with Crippen LogP contribution >= 0.6 is 0 Å². The fourth-order valence-corrected chi connectivity index (χ4v) is 3.16. The summed E-state index contributed by atoms with van der Waals surface area (Å²) in [7, 11) is 4.41. The fourth-order valence-electron chi connectivity index (χ4n) is 3.16. The highest BCUT2D eigenvalue weighted by atomic mass is 15.6. The highest BCUT2D eigenvalue weighted by Crippen LogP contribution is 2.22. The van der Waals surface area contributed by atoms with Gasteiger partial charge in [0.25, 0.3) is 0 Å². The molecule has 3 rings (SSSR count). The number of hydrazine groups is 1. The summed E-state index contributed by atoms with van der Waals surface area (Å²) in [6.45, 7) is 8.14. The maximum atomic E-state index is 3.12. The third-order valence-electron chi connectivity index (χ3n) is 4.39. The van der Waals surface area contributed by atoms with Gasteiger partial charge in [0.2, 0.25) is 0 Å². The van der Waals surface area contributed by atoms with E-state index in [1.165, 1.54) is 18.8 Å². The van der Waals surface area contributed by atoms with Gasteiger partial charge >= 0.3 is 0 Å². The molecule has 2 saturated heterocycles. The Morgan fingerprint density at radius 2 is 1.70 bits per heavy atom. The molecule has 4 nitrogen and oxygen atoms in total. The van der Waals surface area contributed by atoms with Crippen molar-refractivity contribution in [2.45, 2.75) is 0 Å². The summed E-state index contributed by atoms with van der Waals surface area (Å²) in [6.07, 6.45) is 0. The van der Waals surface area contributed by atoms with Gasteiger partial charge in [-0.25, -0.2) is 5.01 Å². The maximum absolute atomic E-state index is 3.12. The highest BCUT2D eigenvalue weighted by Gasteiger charge is 2.29. The second-order valence-electron chi connectivity index (χ2n) is 6.18. The molecule has 0 bridgehead atoms. The van der Waals surface area contributed by atoms with E-state index in [2.05, 4.69) is 52.1 Å². The van der Waals surface area contributed by atoms with Gasteiger partial charge < -0.3 is 14.8 Å². The first-order valence-electron chi connectivity index (χ1n) is 7.58. The van der Waals surface area contributed by atoms with Crippen LogP contribution in [-0.2, 0) is 0 Å². The van der Waals surface area contributed by atoms with Crippen LogP contribution in [-0.4, -0.2) is 74.7 Å². The first-order chi connectivity index (χ1) is 9.72. The average molecular weight is 273 g/mol. The van der Waals surface area contributed by atoms with Crippen molar-refractivity contribution in [3.05, 3.63) is 30.3 Å². The van der Waals surface area contributed by atoms with Gasteiger partial charge in [-0.05, 0) is 32.3 Å². The molecule has 0 amide bonds. The Hall–Kier alpha value is -1.10. The summed E-state index contributed by atoms with van der Waals surface area (Å²) in [5.41, 5.74) is 1.31. The van der Waals surface area contributed by atoms with Crippen LogP contribution in [0.5, 0.6) is 0 Å². The number of piperazine rings is 1. The minimum absolute atomic E-state index is 0.795. The Labute approximate surface area is 122 Å². The zero-order chi connectivity index (χ0) is 13.9. The van der Waals surface area contributed by atoms with Gasteiger partial charge in [-0.3, -0.25) is 0 Å². The minimum atomic E-state index is 0.795. The van der Waals surface area contributed by atoms with Crippen LogP contribution in [0, 0.1) is 12.0 Å². The van der Waals surface area contributed by atoms with Crippen molar-refractivity contribution in [1.29, 1.82) is 0 Å². The third kappa shape index (κ3) is 3.14. The van der Waals surface area contributed by atoms with Crippen molar-refractivity contribution in [3.63, 3.8) is 0 Å². The summed E-state index contributed by atoms with van der Waals surface area (Å²) in [5.74, 6) is 0.795. The van der Waals surface area contributed by atoms with Gasteiger partial charge in [-0.1, -0.05) is 12.1 Å². The number of rotatable bonds is 4. The highest BCUT2D eigenvalue weighted by molar-refractivity contribution is 5.44. The Bertz CT molecular complexity index is 408. The molecule has 0 aliphatic carbocycles. The number of nitrogens with zero attached hydrogens (tertiary/aromatic N) is 4. The molecule has 109 valence electrons. The molecular weight excluding hydrogens is 248 g/mol. The van der Waals surface area contributed by atoms with E-state index >= 15 is 0 Å². The van der Waals surface area contributed by atoms with Gasteiger partial charge in [0.05, 0.1) is 5.69 Å². The van der Waals surface area contributed by atoms with Crippen molar-refractivity contribution >= 4 is 5.69 Å². The van der Waals surface area contributed by atoms with Crippen molar-refractivity contribution < 1.29 is 0 Å². The zero-order valence-corrected chi connectivity index (χ0v) is 12.6. The molecule has 0 aromatic heterocycles. The SMILES string of the molecule is CN1CCN(N(CC2CN(C)C2)c2cc[c]cc2)CC1. The lowest BCUT2D eigenvalue weighted by molar-refractivity contribution is 0.0981. The van der Waals surface area contributed by atoms with Crippen molar-refractivity contribution in [2.24, 2.45) is 5.92 Å². The summed E-state index contributed by atoms with van der Waals surface area (Å²) in [5, 5.41) is 5.02. The Kier molecular flexibility index (Phi) is 4.24. The first-order valence-corrected chi connectivity index (χ1v) is 7.58. The molecule has 0 atom stereocenters. The monoisotopic (exact) mass is 273 g/mol. The van der Waals surface area contributed by atoms with E-state index in [1.54, 1.807) is 0 Å². The molecule has 2 aliphatic heterocycles. The van der Waals surface area contributed by atoms with Crippen LogP contribution in [0.15, 0.2) is 24.3 Å². The Morgan fingerprint density at radius 3 is 2.30 bits per heavy atom. The lowest BCUT2D eigenvalue weighted by Crippen LogP contribution is -2.57. The van der Waals surface area contributed by atoms with E-state index in [4.69, 9.17) is 0 Å². The quantitative estimate of drug-likeness (QED) is 0.812. The van der Waals surface area contributed by atoms with E-state index in [9.17, 15) is 0 Å². The second-order valence-corrected chi connectivity index (χ2v) is 6.18. The first kappa shape index (κ1) is 13.9. The van der Waals surface area contributed by atoms with Crippen LogP contribution in [0.1, 0.15) is 0 Å². The smallest absolute Gasteiger partial charge is 0.0522 e. The fraction of sp³-hybridized carbons (Fsp3) is 0.625. The standard InChI is InChI=1S/C16H25N4/c1-17-8-10-19(11-9-17)20(14-15-12-18(2)13-15)16-6-4-3-5-7-16/h4-7,15H,8-14H2,1-2H3. The van der Waals surface area contributed by atoms with Crippen LogP contribution in [0.25, 0.3) is 0 Å². The Balaban J connectivity index is 1.69. The normalized spacial score (nSPS) is 22.7. The lowest BCUT2D eigenvalue weighted by atomic mass is 10.0. The number of anilines is 1. The molecule has 4 heteroatoms. The molecule has 0 saturated carbocycles. The molecule has 1 radical (unpaired) electrons.